The zero-order valence-corrected chi connectivity index (χ0v) is 19.7. The van der Waals surface area contributed by atoms with E-state index in [2.05, 4.69) is 15.6 Å². The fourth-order valence-electron chi connectivity index (χ4n) is 4.58. The molecule has 1 aliphatic rings. The minimum atomic E-state index is -0.776. The molecular formula is C26H31N5O4. The Morgan fingerprint density at radius 1 is 1.23 bits per heavy atom. The van der Waals surface area contributed by atoms with Crippen LogP contribution < -0.4 is 21.1 Å². The second-order valence-electron chi connectivity index (χ2n) is 8.76. The largest absolute Gasteiger partial charge is 0.497 e. The van der Waals surface area contributed by atoms with E-state index < -0.39 is 17.9 Å². The third kappa shape index (κ3) is 6.13. The SMILES string of the molecule is COc1ccc2nccc([C@@H](O)CN3CC[C@@H](NCC(=O)Nc4ccccc4)[C@@H](C(N)=O)C3)c2c1. The molecule has 9 nitrogen and oxygen atoms in total. The number of fused-ring (bicyclic) bond motifs is 1. The van der Waals surface area contributed by atoms with E-state index in [1.165, 1.54) is 0 Å². The number of para-hydroxylation sites is 1. The van der Waals surface area contributed by atoms with Gasteiger partial charge in [0.15, 0.2) is 0 Å². The third-order valence-corrected chi connectivity index (χ3v) is 6.42. The first-order valence-electron chi connectivity index (χ1n) is 11.6. The smallest absolute Gasteiger partial charge is 0.238 e. The quantitative estimate of drug-likeness (QED) is 0.369. The molecule has 2 amide bonds. The van der Waals surface area contributed by atoms with E-state index in [9.17, 15) is 14.7 Å². The summed E-state index contributed by atoms with van der Waals surface area (Å²) in [6, 6.07) is 16.4. The molecule has 2 heterocycles. The number of carbonyl (C=O) groups is 2. The molecule has 0 saturated carbocycles. The van der Waals surface area contributed by atoms with Gasteiger partial charge in [-0.2, -0.15) is 0 Å². The van der Waals surface area contributed by atoms with E-state index in [-0.39, 0.29) is 18.5 Å². The number of carbonyl (C=O) groups excluding carboxylic acids is 2. The van der Waals surface area contributed by atoms with Crippen LogP contribution in [-0.4, -0.2) is 66.1 Å². The first kappa shape index (κ1) is 24.6. The van der Waals surface area contributed by atoms with Gasteiger partial charge < -0.3 is 26.2 Å². The molecule has 1 aliphatic heterocycles. The van der Waals surface area contributed by atoms with E-state index in [1.54, 1.807) is 19.4 Å². The average molecular weight is 478 g/mol. The standard InChI is InChI=1S/C26H31N5O4/c1-35-18-7-8-22-20(13-18)19(9-11-28-22)24(32)16-31-12-10-23(21(15-31)26(27)34)29-14-25(33)30-17-5-3-2-4-6-17/h2-9,11,13,21,23-24,29,32H,10,12,14-16H2,1H3,(H2,27,34)(H,30,33)/t21-,23+,24-/m0/s1. The summed E-state index contributed by atoms with van der Waals surface area (Å²) in [7, 11) is 1.60. The van der Waals surface area contributed by atoms with Crippen LogP contribution in [0.25, 0.3) is 10.9 Å². The number of amides is 2. The first-order valence-corrected chi connectivity index (χ1v) is 11.6. The number of nitrogens with one attached hydrogen (secondary N) is 2. The van der Waals surface area contributed by atoms with Gasteiger partial charge in [-0.15, -0.1) is 0 Å². The van der Waals surface area contributed by atoms with Crippen molar-refractivity contribution in [2.75, 3.05) is 38.6 Å². The van der Waals surface area contributed by atoms with Gasteiger partial charge in [0.2, 0.25) is 11.8 Å². The highest BCUT2D eigenvalue weighted by Crippen LogP contribution is 2.28. The van der Waals surface area contributed by atoms with E-state index >= 15 is 0 Å². The van der Waals surface area contributed by atoms with Crippen LogP contribution in [0.3, 0.4) is 0 Å². The number of aliphatic hydroxyl groups excluding tert-OH is 1. The predicted octanol–water partition coefficient (Wildman–Crippen LogP) is 1.68. The fourth-order valence-corrected chi connectivity index (χ4v) is 4.58. The number of aliphatic hydroxyl groups is 1. The lowest BCUT2D eigenvalue weighted by Crippen LogP contribution is -2.55. The predicted molar refractivity (Wildman–Crippen MR) is 134 cm³/mol. The average Bonchev–Trinajstić information content (AvgIpc) is 2.87. The molecule has 3 atom stereocenters. The number of hydrogen-bond acceptors (Lipinski definition) is 7. The molecule has 3 aromatic rings. The maximum atomic E-state index is 12.3. The van der Waals surface area contributed by atoms with Gasteiger partial charge in [0.25, 0.3) is 0 Å². The summed E-state index contributed by atoms with van der Waals surface area (Å²) in [5.41, 5.74) is 7.95. The molecule has 1 saturated heterocycles. The Hall–Kier alpha value is -3.53. The highest BCUT2D eigenvalue weighted by Gasteiger charge is 2.34. The van der Waals surface area contributed by atoms with Crippen LogP contribution in [0.15, 0.2) is 60.8 Å². The maximum absolute atomic E-state index is 12.3. The molecule has 35 heavy (non-hydrogen) atoms. The van der Waals surface area contributed by atoms with Crippen molar-refractivity contribution in [1.82, 2.24) is 15.2 Å². The Bertz CT molecular complexity index is 1170. The number of primary amides is 1. The van der Waals surface area contributed by atoms with Gasteiger partial charge in [0.05, 0.1) is 31.2 Å². The minimum absolute atomic E-state index is 0.0802. The van der Waals surface area contributed by atoms with Gasteiger partial charge in [0.1, 0.15) is 5.75 Å². The van der Waals surface area contributed by atoms with Crippen LogP contribution in [0.2, 0.25) is 0 Å². The number of piperidine rings is 1. The second-order valence-corrected chi connectivity index (χ2v) is 8.76. The third-order valence-electron chi connectivity index (χ3n) is 6.42. The lowest BCUT2D eigenvalue weighted by molar-refractivity contribution is -0.125. The molecule has 9 heteroatoms. The lowest BCUT2D eigenvalue weighted by Gasteiger charge is -2.38. The number of rotatable bonds is 9. The van der Waals surface area contributed by atoms with Crippen molar-refractivity contribution < 1.29 is 19.4 Å². The monoisotopic (exact) mass is 477 g/mol. The summed E-state index contributed by atoms with van der Waals surface area (Å²) >= 11 is 0. The Kier molecular flexibility index (Phi) is 7.91. The van der Waals surface area contributed by atoms with Crippen molar-refractivity contribution in [3.05, 3.63) is 66.4 Å². The number of likely N-dealkylation sites (tertiary alicyclic amines) is 1. The molecule has 1 aromatic heterocycles. The van der Waals surface area contributed by atoms with Crippen molar-refractivity contribution in [1.29, 1.82) is 0 Å². The molecule has 184 valence electrons. The topological polar surface area (TPSA) is 130 Å². The van der Waals surface area contributed by atoms with E-state index in [4.69, 9.17) is 10.5 Å². The van der Waals surface area contributed by atoms with Gasteiger partial charge in [0, 0.05) is 36.4 Å². The highest BCUT2D eigenvalue weighted by molar-refractivity contribution is 5.92. The molecule has 2 aromatic carbocycles. The second kappa shape index (κ2) is 11.3. The number of hydrogen-bond donors (Lipinski definition) is 4. The van der Waals surface area contributed by atoms with E-state index in [0.717, 1.165) is 22.2 Å². The molecule has 0 spiro atoms. The summed E-state index contributed by atoms with van der Waals surface area (Å²) in [4.78, 5) is 30.9. The van der Waals surface area contributed by atoms with Crippen molar-refractivity contribution in [2.24, 2.45) is 11.7 Å². The Labute approximate surface area is 204 Å². The summed E-state index contributed by atoms with van der Waals surface area (Å²) in [6.07, 6.45) is 1.53. The van der Waals surface area contributed by atoms with E-state index in [1.807, 2.05) is 53.4 Å². The summed E-state index contributed by atoms with van der Waals surface area (Å²) < 4.78 is 5.33. The highest BCUT2D eigenvalue weighted by atomic mass is 16.5. The number of methoxy groups -OCH3 is 1. The van der Waals surface area contributed by atoms with E-state index in [0.29, 0.717) is 31.8 Å². The van der Waals surface area contributed by atoms with Gasteiger partial charge in [-0.1, -0.05) is 18.2 Å². The van der Waals surface area contributed by atoms with Gasteiger partial charge >= 0.3 is 0 Å². The molecule has 0 aliphatic carbocycles. The zero-order valence-electron chi connectivity index (χ0n) is 19.7. The number of nitrogens with zero attached hydrogens (tertiary/aromatic N) is 2. The van der Waals surface area contributed by atoms with Crippen molar-refractivity contribution >= 4 is 28.4 Å². The van der Waals surface area contributed by atoms with Crippen molar-refractivity contribution in [2.45, 2.75) is 18.6 Å². The lowest BCUT2D eigenvalue weighted by atomic mass is 9.90. The van der Waals surface area contributed by atoms with Crippen LogP contribution in [-0.2, 0) is 9.59 Å². The number of aromatic nitrogens is 1. The summed E-state index contributed by atoms with van der Waals surface area (Å²) in [5.74, 6) is -0.396. The first-order chi connectivity index (χ1) is 16.9. The fraction of sp³-hybridized carbons (Fsp3) is 0.346. The maximum Gasteiger partial charge on any atom is 0.238 e. The number of nitrogens with two attached hydrogens (primary N) is 1. The number of benzene rings is 2. The number of β-amino-alcohol motifs (C(OH)–C–C–N with tert-alkyl or cyclic N) is 1. The zero-order chi connectivity index (χ0) is 24.8. The van der Waals surface area contributed by atoms with Crippen LogP contribution in [0.5, 0.6) is 5.75 Å². The molecule has 5 N–H and O–H groups in total. The summed E-state index contributed by atoms with van der Waals surface area (Å²) in [6.45, 7) is 1.49. The van der Waals surface area contributed by atoms with Crippen molar-refractivity contribution in [3.63, 3.8) is 0 Å². The molecule has 0 radical (unpaired) electrons. The molecular weight excluding hydrogens is 446 g/mol. The van der Waals surface area contributed by atoms with Gasteiger partial charge in [-0.05, 0) is 54.9 Å². The number of anilines is 1. The van der Waals surface area contributed by atoms with Crippen LogP contribution >= 0.6 is 0 Å². The number of ether oxygens (including phenoxy) is 1. The van der Waals surface area contributed by atoms with Crippen LogP contribution in [0.1, 0.15) is 18.1 Å². The Balaban J connectivity index is 1.37. The van der Waals surface area contributed by atoms with Gasteiger partial charge in [-0.25, -0.2) is 0 Å². The Morgan fingerprint density at radius 3 is 2.77 bits per heavy atom. The normalized spacial score (nSPS) is 19.3. The molecule has 0 bridgehead atoms. The number of pyridine rings is 1. The van der Waals surface area contributed by atoms with Crippen LogP contribution in [0.4, 0.5) is 5.69 Å². The Morgan fingerprint density at radius 2 is 2.03 bits per heavy atom. The van der Waals surface area contributed by atoms with Crippen LogP contribution in [0, 0.1) is 5.92 Å². The molecule has 1 fully saturated rings. The minimum Gasteiger partial charge on any atom is -0.497 e. The summed E-state index contributed by atoms with van der Waals surface area (Å²) in [5, 5.41) is 17.9. The molecule has 0 unspecified atom stereocenters. The van der Waals surface area contributed by atoms with Crippen molar-refractivity contribution in [3.8, 4) is 5.75 Å². The van der Waals surface area contributed by atoms with Gasteiger partial charge in [-0.3, -0.25) is 19.5 Å². The molecule has 4 rings (SSSR count).